The van der Waals surface area contributed by atoms with E-state index in [4.69, 9.17) is 0 Å². The molecule has 3 rings (SSSR count). The monoisotopic (exact) mass is 330 g/mol. The minimum Gasteiger partial charge on any atom is -0.328 e. The van der Waals surface area contributed by atoms with Gasteiger partial charge in [0, 0.05) is 25.2 Å². The Morgan fingerprint density at radius 3 is 2.62 bits per heavy atom. The van der Waals surface area contributed by atoms with Crippen molar-refractivity contribution in [2.45, 2.75) is 58.9 Å². The molecule has 1 aliphatic heterocycles. The molecule has 1 N–H and O–H groups in total. The van der Waals surface area contributed by atoms with E-state index >= 15 is 0 Å². The van der Waals surface area contributed by atoms with Crippen LogP contribution in [0, 0.1) is 13.8 Å². The van der Waals surface area contributed by atoms with E-state index in [-0.39, 0.29) is 17.9 Å². The Balaban J connectivity index is 1.93. The summed E-state index contributed by atoms with van der Waals surface area (Å²) in [5, 5.41) is 11.7. The molecule has 24 heavy (non-hydrogen) atoms. The number of rotatable bonds is 3. The molecule has 1 aliphatic rings. The normalized spacial score (nSPS) is 18.4. The summed E-state index contributed by atoms with van der Waals surface area (Å²) in [5.41, 5.74) is 2.40. The van der Waals surface area contributed by atoms with Crippen molar-refractivity contribution in [3.05, 3.63) is 28.6 Å². The third kappa shape index (κ3) is 2.83. The molecule has 0 radical (unpaired) electrons. The van der Waals surface area contributed by atoms with E-state index in [0.717, 1.165) is 48.8 Å². The molecule has 2 aromatic heterocycles. The summed E-state index contributed by atoms with van der Waals surface area (Å²) in [6, 6.07) is -0.0368. The summed E-state index contributed by atoms with van der Waals surface area (Å²) < 4.78 is 1.77. The van der Waals surface area contributed by atoms with Crippen LogP contribution in [0.4, 0.5) is 0 Å². The number of aryl methyl sites for hydroxylation is 2. The van der Waals surface area contributed by atoms with Crippen molar-refractivity contribution in [1.29, 1.82) is 0 Å². The minimum atomic E-state index is -0.0368. The van der Waals surface area contributed by atoms with E-state index in [2.05, 4.69) is 34.1 Å². The molecule has 1 atom stereocenters. The minimum absolute atomic E-state index is 0.0368. The number of aromatic nitrogens is 5. The number of nitrogens with zero attached hydrogens (tertiary/aromatic N) is 5. The molecule has 3 heterocycles. The van der Waals surface area contributed by atoms with Gasteiger partial charge in [0.05, 0.1) is 17.3 Å². The van der Waals surface area contributed by atoms with Crippen molar-refractivity contribution in [1.82, 2.24) is 29.9 Å². The van der Waals surface area contributed by atoms with Gasteiger partial charge in [0.2, 0.25) is 0 Å². The van der Waals surface area contributed by atoms with Crippen LogP contribution in [0.25, 0.3) is 0 Å². The summed E-state index contributed by atoms with van der Waals surface area (Å²) in [7, 11) is 1.87. The van der Waals surface area contributed by atoms with Gasteiger partial charge in [-0.05, 0) is 33.1 Å². The highest BCUT2D eigenvalue weighted by Gasteiger charge is 2.33. The topological polar surface area (TPSA) is 79.7 Å². The van der Waals surface area contributed by atoms with Crippen LogP contribution in [-0.4, -0.2) is 42.3 Å². The molecule has 7 heteroatoms. The standard InChI is InChI=1S/C17H26N6O/c1-10(2)15-18-16(20-19-15)13-8-6-7-9-23(13)17(24)14-11(3)21-22(5)12(14)4/h10,13H,6-9H2,1-5H3,(H,18,19,20). The second-order valence-electron chi connectivity index (χ2n) is 6.91. The highest BCUT2D eigenvalue weighted by Crippen LogP contribution is 2.31. The Labute approximate surface area is 142 Å². The van der Waals surface area contributed by atoms with Crippen LogP contribution in [-0.2, 0) is 7.05 Å². The first-order valence-corrected chi connectivity index (χ1v) is 8.63. The van der Waals surface area contributed by atoms with E-state index < -0.39 is 0 Å². The molecule has 130 valence electrons. The zero-order chi connectivity index (χ0) is 17.4. The number of hydrogen-bond acceptors (Lipinski definition) is 4. The number of likely N-dealkylation sites (tertiary alicyclic amines) is 1. The lowest BCUT2D eigenvalue weighted by Gasteiger charge is -2.34. The first-order chi connectivity index (χ1) is 11.4. The molecule has 0 saturated carbocycles. The van der Waals surface area contributed by atoms with Crippen LogP contribution >= 0.6 is 0 Å². The zero-order valence-corrected chi connectivity index (χ0v) is 15.1. The predicted octanol–water partition coefficient (Wildman–Crippen LogP) is 2.65. The molecule has 0 aromatic carbocycles. The van der Waals surface area contributed by atoms with Crippen LogP contribution < -0.4 is 0 Å². The van der Waals surface area contributed by atoms with Gasteiger partial charge in [-0.1, -0.05) is 13.8 Å². The summed E-state index contributed by atoms with van der Waals surface area (Å²) in [6.07, 6.45) is 3.03. The third-order valence-corrected chi connectivity index (χ3v) is 4.84. The van der Waals surface area contributed by atoms with Gasteiger partial charge in [-0.15, -0.1) is 0 Å². The molecule has 1 fully saturated rings. The Kier molecular flexibility index (Phi) is 4.43. The second-order valence-corrected chi connectivity index (χ2v) is 6.91. The van der Waals surface area contributed by atoms with E-state index in [9.17, 15) is 4.79 Å². The van der Waals surface area contributed by atoms with Crippen molar-refractivity contribution in [2.24, 2.45) is 7.05 Å². The summed E-state index contributed by atoms with van der Waals surface area (Å²) in [5.74, 6) is 1.92. The molecule has 1 unspecified atom stereocenters. The van der Waals surface area contributed by atoms with E-state index in [1.807, 2.05) is 25.8 Å². The fourth-order valence-corrected chi connectivity index (χ4v) is 3.38. The lowest BCUT2D eigenvalue weighted by Crippen LogP contribution is -2.39. The average Bonchev–Trinajstić information content (AvgIpc) is 3.13. The van der Waals surface area contributed by atoms with Gasteiger partial charge in [-0.3, -0.25) is 14.6 Å². The zero-order valence-electron chi connectivity index (χ0n) is 15.1. The average molecular weight is 330 g/mol. The number of amides is 1. The lowest BCUT2D eigenvalue weighted by molar-refractivity contribution is 0.0598. The van der Waals surface area contributed by atoms with E-state index in [0.29, 0.717) is 5.56 Å². The third-order valence-electron chi connectivity index (χ3n) is 4.84. The lowest BCUT2D eigenvalue weighted by atomic mass is 9.99. The molecule has 0 bridgehead atoms. The number of H-pyrrole nitrogens is 1. The van der Waals surface area contributed by atoms with Crippen LogP contribution in [0.1, 0.15) is 78.5 Å². The van der Waals surface area contributed by atoms with Crippen LogP contribution in [0.2, 0.25) is 0 Å². The number of hydrogen-bond donors (Lipinski definition) is 1. The molecular formula is C17H26N6O. The predicted molar refractivity (Wildman–Crippen MR) is 90.8 cm³/mol. The highest BCUT2D eigenvalue weighted by atomic mass is 16.2. The second kappa shape index (κ2) is 6.37. The number of carbonyl (C=O) groups excluding carboxylic acids is 1. The van der Waals surface area contributed by atoms with Crippen LogP contribution in [0.5, 0.6) is 0 Å². The summed E-state index contributed by atoms with van der Waals surface area (Å²) in [6.45, 7) is 8.72. The first-order valence-electron chi connectivity index (χ1n) is 8.63. The van der Waals surface area contributed by atoms with Gasteiger partial charge >= 0.3 is 0 Å². The Hall–Kier alpha value is -2.18. The molecule has 0 aliphatic carbocycles. The van der Waals surface area contributed by atoms with Crippen LogP contribution in [0.3, 0.4) is 0 Å². The van der Waals surface area contributed by atoms with Gasteiger partial charge in [0.25, 0.3) is 5.91 Å². The van der Waals surface area contributed by atoms with Crippen molar-refractivity contribution in [3.8, 4) is 0 Å². The van der Waals surface area contributed by atoms with Gasteiger partial charge in [-0.2, -0.15) is 10.2 Å². The maximum Gasteiger partial charge on any atom is 0.258 e. The Morgan fingerprint density at radius 1 is 1.29 bits per heavy atom. The Bertz CT molecular complexity index is 744. The molecule has 1 saturated heterocycles. The van der Waals surface area contributed by atoms with Gasteiger partial charge in [-0.25, -0.2) is 4.98 Å². The molecule has 7 nitrogen and oxygen atoms in total. The number of aromatic amines is 1. The van der Waals surface area contributed by atoms with Crippen molar-refractivity contribution in [2.75, 3.05) is 6.54 Å². The van der Waals surface area contributed by atoms with E-state index in [1.165, 1.54) is 0 Å². The van der Waals surface area contributed by atoms with Gasteiger partial charge in [0.15, 0.2) is 5.82 Å². The SMILES string of the molecule is Cc1nn(C)c(C)c1C(=O)N1CCCCC1c1nc(C(C)C)n[nH]1. The first kappa shape index (κ1) is 16.7. The summed E-state index contributed by atoms with van der Waals surface area (Å²) in [4.78, 5) is 19.8. The van der Waals surface area contributed by atoms with E-state index in [1.54, 1.807) is 4.68 Å². The number of carbonyl (C=O) groups is 1. The van der Waals surface area contributed by atoms with Gasteiger partial charge in [0.1, 0.15) is 5.82 Å². The molecular weight excluding hydrogens is 304 g/mol. The van der Waals surface area contributed by atoms with Crippen molar-refractivity contribution < 1.29 is 4.79 Å². The summed E-state index contributed by atoms with van der Waals surface area (Å²) >= 11 is 0. The maximum absolute atomic E-state index is 13.2. The Morgan fingerprint density at radius 2 is 2.04 bits per heavy atom. The van der Waals surface area contributed by atoms with Crippen molar-refractivity contribution in [3.63, 3.8) is 0 Å². The highest BCUT2D eigenvalue weighted by molar-refractivity contribution is 5.96. The number of piperidine rings is 1. The quantitative estimate of drug-likeness (QED) is 0.938. The van der Waals surface area contributed by atoms with Gasteiger partial charge < -0.3 is 4.90 Å². The van der Waals surface area contributed by atoms with Crippen molar-refractivity contribution >= 4 is 5.91 Å². The maximum atomic E-state index is 13.2. The van der Waals surface area contributed by atoms with Crippen LogP contribution in [0.15, 0.2) is 0 Å². The largest absolute Gasteiger partial charge is 0.328 e. The fourth-order valence-electron chi connectivity index (χ4n) is 3.38. The molecule has 0 spiro atoms. The molecule has 1 amide bonds. The fraction of sp³-hybridized carbons (Fsp3) is 0.647. The smallest absolute Gasteiger partial charge is 0.258 e. The molecule has 2 aromatic rings. The number of nitrogens with one attached hydrogen (secondary N) is 1.